The molecule has 50 valence electrons. The lowest BCUT2D eigenvalue weighted by molar-refractivity contribution is 1.36. The highest BCUT2D eigenvalue weighted by molar-refractivity contribution is 14.1. The van der Waals surface area contributed by atoms with Crippen LogP contribution in [-0.4, -0.2) is 4.98 Å². The Morgan fingerprint density at radius 1 is 1.30 bits per heavy atom. The fraction of sp³-hybridized carbons (Fsp3) is 0. The number of hydrogen-bond donors (Lipinski definition) is 0. The van der Waals surface area contributed by atoms with Crippen LogP contribution in [-0.2, 0) is 0 Å². The van der Waals surface area contributed by atoms with Crippen LogP contribution < -0.4 is 0 Å². The lowest BCUT2D eigenvalue weighted by Gasteiger charge is -1.87. The van der Waals surface area contributed by atoms with Crippen LogP contribution in [0.3, 0.4) is 0 Å². The molecule has 0 atom stereocenters. The van der Waals surface area contributed by atoms with Crippen LogP contribution in [0.4, 0.5) is 0 Å². The monoisotopic (exact) mass is 261 g/mol. The first-order valence-corrected chi connectivity index (χ1v) is 4.82. The third-order valence-electron chi connectivity index (χ3n) is 1.27. The molecule has 0 saturated heterocycles. The summed E-state index contributed by atoms with van der Waals surface area (Å²) in [6, 6.07) is 6.18. The van der Waals surface area contributed by atoms with Gasteiger partial charge in [0, 0.05) is 0 Å². The van der Waals surface area contributed by atoms with Gasteiger partial charge in [-0.05, 0) is 46.2 Å². The summed E-state index contributed by atoms with van der Waals surface area (Å²) in [4.78, 5) is 4.33. The average Bonchev–Trinajstić information content (AvgIpc) is 2.33. The Hall–Kier alpha value is -0.160. The Bertz CT molecular complexity index is 355. The van der Waals surface area contributed by atoms with Gasteiger partial charge in [0.2, 0.25) is 0 Å². The maximum absolute atomic E-state index is 4.33. The van der Waals surface area contributed by atoms with E-state index in [0.29, 0.717) is 0 Å². The number of thiophene rings is 1. The van der Waals surface area contributed by atoms with Crippen molar-refractivity contribution < 1.29 is 0 Å². The van der Waals surface area contributed by atoms with Crippen LogP contribution >= 0.6 is 33.9 Å². The predicted octanol–water partition coefficient (Wildman–Crippen LogP) is 2.90. The molecule has 2 rings (SSSR count). The van der Waals surface area contributed by atoms with E-state index in [1.165, 1.54) is 4.70 Å². The Kier molecular flexibility index (Phi) is 1.61. The van der Waals surface area contributed by atoms with E-state index >= 15 is 0 Å². The van der Waals surface area contributed by atoms with Crippen LogP contribution in [0.15, 0.2) is 23.6 Å². The van der Waals surface area contributed by atoms with Gasteiger partial charge in [0.1, 0.15) is 3.70 Å². The first-order chi connectivity index (χ1) is 4.86. The molecular formula is C7H4INS. The van der Waals surface area contributed by atoms with Crippen molar-refractivity contribution in [2.24, 2.45) is 0 Å². The third-order valence-corrected chi connectivity index (χ3v) is 2.74. The van der Waals surface area contributed by atoms with Gasteiger partial charge in [0.05, 0.1) is 10.2 Å². The molecule has 0 aliphatic heterocycles. The fourth-order valence-corrected chi connectivity index (χ4v) is 1.99. The minimum atomic E-state index is 1.06. The predicted molar refractivity (Wildman–Crippen MR) is 52.3 cm³/mol. The van der Waals surface area contributed by atoms with Crippen molar-refractivity contribution in [2.75, 3.05) is 0 Å². The van der Waals surface area contributed by atoms with Gasteiger partial charge in [-0.25, -0.2) is 4.98 Å². The Labute approximate surface area is 76.2 Å². The molecule has 2 aromatic heterocycles. The minimum Gasteiger partial charge on any atom is -0.241 e. The van der Waals surface area contributed by atoms with Crippen molar-refractivity contribution in [3.63, 3.8) is 0 Å². The molecule has 1 nitrogen and oxygen atoms in total. The normalized spacial score (nSPS) is 10.5. The molecule has 0 amide bonds. The van der Waals surface area contributed by atoms with Gasteiger partial charge in [-0.2, -0.15) is 0 Å². The molecule has 0 aliphatic rings. The second kappa shape index (κ2) is 2.47. The van der Waals surface area contributed by atoms with E-state index in [1.807, 2.05) is 12.1 Å². The van der Waals surface area contributed by atoms with Gasteiger partial charge >= 0.3 is 0 Å². The van der Waals surface area contributed by atoms with E-state index in [4.69, 9.17) is 0 Å². The van der Waals surface area contributed by atoms with Gasteiger partial charge in [-0.1, -0.05) is 0 Å². The Morgan fingerprint density at radius 2 is 2.20 bits per heavy atom. The summed E-state index contributed by atoms with van der Waals surface area (Å²) in [6.45, 7) is 0. The van der Waals surface area contributed by atoms with Crippen molar-refractivity contribution in [3.05, 3.63) is 27.3 Å². The summed E-state index contributed by atoms with van der Waals surface area (Å²) in [6.07, 6.45) is 0. The van der Waals surface area contributed by atoms with E-state index in [2.05, 4.69) is 39.0 Å². The SMILES string of the molecule is Ic1ccc2sccc2n1. The zero-order valence-electron chi connectivity index (χ0n) is 5.04. The zero-order chi connectivity index (χ0) is 6.97. The molecule has 0 spiro atoms. The molecule has 0 aliphatic carbocycles. The van der Waals surface area contributed by atoms with Crippen LogP contribution in [0.2, 0.25) is 0 Å². The van der Waals surface area contributed by atoms with Crippen molar-refractivity contribution >= 4 is 44.1 Å². The van der Waals surface area contributed by atoms with Crippen molar-refractivity contribution in [3.8, 4) is 0 Å². The van der Waals surface area contributed by atoms with Crippen molar-refractivity contribution in [1.29, 1.82) is 0 Å². The minimum absolute atomic E-state index is 1.06. The molecule has 0 aromatic carbocycles. The smallest absolute Gasteiger partial charge is 0.102 e. The summed E-state index contributed by atoms with van der Waals surface area (Å²) >= 11 is 3.95. The van der Waals surface area contributed by atoms with E-state index in [0.717, 1.165) is 9.22 Å². The molecule has 3 heteroatoms. The number of hydrogen-bond acceptors (Lipinski definition) is 2. The summed E-state index contributed by atoms with van der Waals surface area (Å²) in [5.74, 6) is 0. The van der Waals surface area contributed by atoms with Gasteiger partial charge in [0.15, 0.2) is 0 Å². The van der Waals surface area contributed by atoms with E-state index in [-0.39, 0.29) is 0 Å². The van der Waals surface area contributed by atoms with Gasteiger partial charge in [0.25, 0.3) is 0 Å². The topological polar surface area (TPSA) is 12.9 Å². The highest BCUT2D eigenvalue weighted by Crippen LogP contribution is 2.18. The Morgan fingerprint density at radius 3 is 3.10 bits per heavy atom. The van der Waals surface area contributed by atoms with Gasteiger partial charge < -0.3 is 0 Å². The molecule has 0 bridgehead atoms. The quantitative estimate of drug-likeness (QED) is 0.525. The molecule has 0 saturated carbocycles. The number of pyridine rings is 1. The molecule has 0 fully saturated rings. The van der Waals surface area contributed by atoms with E-state index in [9.17, 15) is 0 Å². The molecule has 0 radical (unpaired) electrons. The Balaban J connectivity index is 2.86. The van der Waals surface area contributed by atoms with E-state index < -0.39 is 0 Å². The number of nitrogens with zero attached hydrogens (tertiary/aromatic N) is 1. The first-order valence-electron chi connectivity index (χ1n) is 2.86. The number of halogens is 1. The third kappa shape index (κ3) is 1.03. The molecule has 0 unspecified atom stereocenters. The maximum Gasteiger partial charge on any atom is 0.102 e. The van der Waals surface area contributed by atoms with Crippen LogP contribution in [0, 0.1) is 3.70 Å². The van der Waals surface area contributed by atoms with Crippen LogP contribution in [0.25, 0.3) is 10.2 Å². The molecule has 2 heterocycles. The van der Waals surface area contributed by atoms with Crippen molar-refractivity contribution in [1.82, 2.24) is 4.98 Å². The summed E-state index contributed by atoms with van der Waals surface area (Å²) in [5.41, 5.74) is 1.11. The molecule has 0 N–H and O–H groups in total. The summed E-state index contributed by atoms with van der Waals surface area (Å²) < 4.78 is 2.32. The summed E-state index contributed by atoms with van der Waals surface area (Å²) in [7, 11) is 0. The standard InChI is InChI=1S/C7H4INS/c8-7-2-1-6-5(9-7)3-4-10-6/h1-4H. The van der Waals surface area contributed by atoms with Crippen LogP contribution in [0.5, 0.6) is 0 Å². The number of rotatable bonds is 0. The van der Waals surface area contributed by atoms with Gasteiger partial charge in [-0.3, -0.25) is 0 Å². The second-order valence-electron chi connectivity index (χ2n) is 1.94. The highest BCUT2D eigenvalue weighted by atomic mass is 127. The van der Waals surface area contributed by atoms with Crippen LogP contribution in [0.1, 0.15) is 0 Å². The van der Waals surface area contributed by atoms with Crippen molar-refractivity contribution in [2.45, 2.75) is 0 Å². The van der Waals surface area contributed by atoms with E-state index in [1.54, 1.807) is 11.3 Å². The average molecular weight is 261 g/mol. The fourth-order valence-electron chi connectivity index (χ4n) is 0.828. The maximum atomic E-state index is 4.33. The first kappa shape index (κ1) is 6.54. The van der Waals surface area contributed by atoms with Gasteiger partial charge in [-0.15, -0.1) is 11.3 Å². The molecular weight excluding hydrogens is 257 g/mol. The summed E-state index contributed by atoms with van der Waals surface area (Å²) in [5, 5.41) is 2.06. The zero-order valence-corrected chi connectivity index (χ0v) is 8.02. The lowest BCUT2D eigenvalue weighted by atomic mass is 10.4. The molecule has 10 heavy (non-hydrogen) atoms. The highest BCUT2D eigenvalue weighted by Gasteiger charge is 1.94. The number of fused-ring (bicyclic) bond motifs is 1. The second-order valence-corrected chi connectivity index (χ2v) is 3.99. The number of aromatic nitrogens is 1. The lowest BCUT2D eigenvalue weighted by Crippen LogP contribution is -1.75. The largest absolute Gasteiger partial charge is 0.241 e. The molecule has 2 aromatic rings.